The molecule has 8 rings (SSSR count). The molecule has 4 aromatic rings. The summed E-state index contributed by atoms with van der Waals surface area (Å²) in [5, 5.41) is 4.23. The monoisotopic (exact) mass is 686 g/mol. The zero-order valence-electron chi connectivity index (χ0n) is 23.5. The van der Waals surface area contributed by atoms with E-state index in [2.05, 4.69) is 20.2 Å². The van der Waals surface area contributed by atoms with Crippen LogP contribution in [0.1, 0.15) is 72.9 Å². The second-order valence-electron chi connectivity index (χ2n) is 11.5. The lowest BCUT2D eigenvalue weighted by molar-refractivity contribution is 0.325. The summed E-state index contributed by atoms with van der Waals surface area (Å²) >= 11 is 0. The fourth-order valence-corrected chi connectivity index (χ4v) is 8.81. The first-order valence-corrected chi connectivity index (χ1v) is 17.3. The van der Waals surface area contributed by atoms with Crippen molar-refractivity contribution in [1.82, 2.24) is 29.5 Å². The molecule has 2 aromatic carbocycles. The Labute approximate surface area is 258 Å². The third-order valence-electron chi connectivity index (χ3n) is 8.44. The topological polar surface area (TPSA) is 130 Å². The molecule has 0 bridgehead atoms. The van der Waals surface area contributed by atoms with Gasteiger partial charge in [-0.25, -0.2) is 52.5 Å². The van der Waals surface area contributed by atoms with Crippen LogP contribution in [0.2, 0.25) is 0 Å². The van der Waals surface area contributed by atoms with Crippen LogP contribution in [0.5, 0.6) is 0 Å². The van der Waals surface area contributed by atoms with Crippen molar-refractivity contribution in [2.75, 3.05) is 0 Å². The van der Waals surface area contributed by atoms with E-state index >= 15 is 0 Å². The van der Waals surface area contributed by atoms with Gasteiger partial charge in [-0.15, -0.1) is 10.2 Å². The molecule has 0 amide bonds. The van der Waals surface area contributed by atoms with Crippen molar-refractivity contribution in [3.8, 4) is 0 Å². The molecule has 0 radical (unpaired) electrons. The summed E-state index contributed by atoms with van der Waals surface area (Å²) in [5.41, 5.74) is 0.440. The number of sulfone groups is 2. The van der Waals surface area contributed by atoms with Crippen LogP contribution >= 0.6 is 0 Å². The van der Waals surface area contributed by atoms with Crippen LogP contribution in [-0.2, 0) is 19.7 Å². The molecule has 0 spiro atoms. The van der Waals surface area contributed by atoms with E-state index in [1.165, 1.54) is 36.4 Å². The molecule has 244 valence electrons. The van der Waals surface area contributed by atoms with Crippen LogP contribution in [-0.4, -0.2) is 69.2 Å². The highest BCUT2D eigenvalue weighted by Gasteiger charge is 2.52. The molecule has 2 aromatic heterocycles. The number of benzene rings is 2. The summed E-state index contributed by atoms with van der Waals surface area (Å²) in [4.78, 5) is 7.49. The molecular weight excluding hydrogens is 662 g/mol. The second kappa shape index (κ2) is 10.9. The van der Waals surface area contributed by atoms with Gasteiger partial charge >= 0.3 is 0 Å². The van der Waals surface area contributed by atoms with Crippen molar-refractivity contribution in [2.24, 2.45) is 0 Å². The normalized spacial score (nSPS) is 29.5. The van der Waals surface area contributed by atoms with Crippen molar-refractivity contribution in [3.63, 3.8) is 0 Å². The van der Waals surface area contributed by atoms with E-state index in [0.717, 1.165) is 9.36 Å². The van der Waals surface area contributed by atoms with Gasteiger partial charge in [-0.1, -0.05) is 36.4 Å². The minimum atomic E-state index is -4.01. The quantitative estimate of drug-likeness (QED) is 0.269. The van der Waals surface area contributed by atoms with Gasteiger partial charge in [0.05, 0.1) is 12.1 Å². The molecule has 1 unspecified atom stereocenters. The van der Waals surface area contributed by atoms with Gasteiger partial charge in [0, 0.05) is 24.0 Å². The number of alkyl halides is 4. The predicted molar refractivity (Wildman–Crippen MR) is 147 cm³/mol. The van der Waals surface area contributed by atoms with Gasteiger partial charge in [0.2, 0.25) is 19.7 Å². The average molecular weight is 687 g/mol. The summed E-state index contributed by atoms with van der Waals surface area (Å²) in [6, 6.07) is 10.2. The summed E-state index contributed by atoms with van der Waals surface area (Å²) in [5.74, 6) is -1.37. The maximum absolute atomic E-state index is 14.2. The fourth-order valence-electron chi connectivity index (χ4n) is 5.77. The molecule has 2 aliphatic heterocycles. The Balaban J connectivity index is 0.000000147. The molecule has 2 aliphatic carbocycles. The Hall–Kier alpha value is -3.80. The van der Waals surface area contributed by atoms with Gasteiger partial charge in [0.1, 0.15) is 34.5 Å². The van der Waals surface area contributed by atoms with E-state index in [4.69, 9.17) is 0 Å². The lowest BCUT2D eigenvalue weighted by Gasteiger charge is -2.12. The number of hydrogen-bond donors (Lipinski definition) is 0. The molecule has 4 aliphatic rings. The lowest BCUT2D eigenvalue weighted by atomic mass is 10.0. The smallest absolute Gasteiger partial charge is 0.246 e. The van der Waals surface area contributed by atoms with Crippen LogP contribution in [0.15, 0.2) is 58.8 Å². The maximum atomic E-state index is 14.2. The van der Waals surface area contributed by atoms with Crippen molar-refractivity contribution in [2.45, 2.75) is 83.3 Å². The minimum absolute atomic E-state index is 0.0637. The van der Waals surface area contributed by atoms with E-state index in [9.17, 15) is 43.2 Å². The van der Waals surface area contributed by atoms with E-state index < -0.39 is 88.9 Å². The molecule has 8 atom stereocenters. The van der Waals surface area contributed by atoms with Crippen molar-refractivity contribution in [3.05, 3.63) is 82.9 Å². The first-order valence-electron chi connectivity index (χ1n) is 14.2. The zero-order valence-corrected chi connectivity index (χ0v) is 25.1. The minimum Gasteiger partial charge on any atom is -0.246 e. The molecule has 4 heterocycles. The van der Waals surface area contributed by atoms with Crippen molar-refractivity contribution < 1.29 is 43.2 Å². The van der Waals surface area contributed by atoms with Gasteiger partial charge in [-0.3, -0.25) is 0 Å². The molecule has 18 heteroatoms. The van der Waals surface area contributed by atoms with Crippen LogP contribution < -0.4 is 0 Å². The first-order chi connectivity index (χ1) is 21.8. The molecule has 2 fully saturated rings. The summed E-state index contributed by atoms with van der Waals surface area (Å²) in [6.07, 6.45) is -6.27. The number of fused-ring (bicyclic) bond motifs is 2. The van der Waals surface area contributed by atoms with Gasteiger partial charge < -0.3 is 0 Å². The van der Waals surface area contributed by atoms with E-state index in [-0.39, 0.29) is 48.5 Å². The predicted octanol–water partition coefficient (Wildman–Crippen LogP) is 4.61. The average Bonchev–Trinajstić information content (AvgIpc) is 3.67. The molecular formula is C28H24F6N6O4S2. The second-order valence-corrected chi connectivity index (χ2v) is 15.7. The molecule has 2 saturated carbocycles. The number of hydrogen-bond acceptors (Lipinski definition) is 8. The van der Waals surface area contributed by atoms with E-state index in [1.807, 2.05) is 0 Å². The largest absolute Gasteiger partial charge is 0.267 e. The highest BCUT2D eigenvalue weighted by Crippen LogP contribution is 2.44. The third-order valence-corrected chi connectivity index (χ3v) is 12.4. The third kappa shape index (κ3) is 5.09. The lowest BCUT2D eigenvalue weighted by Crippen LogP contribution is -2.14. The van der Waals surface area contributed by atoms with E-state index in [1.54, 1.807) is 12.1 Å². The Morgan fingerprint density at radius 1 is 0.587 bits per heavy atom. The maximum Gasteiger partial charge on any atom is 0.267 e. The van der Waals surface area contributed by atoms with Crippen molar-refractivity contribution in [1.29, 1.82) is 0 Å². The Kier molecular flexibility index (Phi) is 7.30. The number of rotatable bonds is 6. The van der Waals surface area contributed by atoms with Gasteiger partial charge in [-0.05, 0) is 25.0 Å². The Morgan fingerprint density at radius 3 is 1.26 bits per heavy atom. The summed E-state index contributed by atoms with van der Waals surface area (Å²) < 4.78 is 133. The van der Waals surface area contributed by atoms with Gasteiger partial charge in [0.25, 0.3) is 10.3 Å². The highest BCUT2D eigenvalue weighted by molar-refractivity contribution is 7.92. The van der Waals surface area contributed by atoms with Crippen LogP contribution in [0.4, 0.5) is 26.3 Å². The first kappa shape index (κ1) is 30.8. The standard InChI is InChI=1S/2C14H12F3N3O2S/c2*15-8-4-2-1-3-7(8)11-5-10(17)13-18-14(19-20(11)13)23(21,22)12-6-9(12)16/h2*1-4,9-12H,5-6H2/t9-,10+,11+,12?;9-,10-,11-,12-/m10/s1. The van der Waals surface area contributed by atoms with Gasteiger partial charge in [0.15, 0.2) is 24.0 Å². The van der Waals surface area contributed by atoms with Crippen LogP contribution in [0.25, 0.3) is 0 Å². The van der Waals surface area contributed by atoms with Crippen LogP contribution in [0.3, 0.4) is 0 Å². The van der Waals surface area contributed by atoms with E-state index in [0.29, 0.717) is 0 Å². The number of aromatic nitrogens is 6. The summed E-state index contributed by atoms with van der Waals surface area (Å²) in [7, 11) is -8.02. The molecule has 46 heavy (non-hydrogen) atoms. The number of nitrogens with zero attached hydrogens (tertiary/aromatic N) is 6. The van der Waals surface area contributed by atoms with Crippen LogP contribution in [0, 0.1) is 11.6 Å². The zero-order chi connectivity index (χ0) is 32.7. The molecule has 0 N–H and O–H groups in total. The summed E-state index contributed by atoms with van der Waals surface area (Å²) in [6.45, 7) is 0. The molecule has 0 saturated heterocycles. The fraction of sp³-hybridized carbons (Fsp3) is 0.429. The SMILES string of the molecule is O=S(=O)(c1nc2n(n1)[C@H](c1ccccc1F)C[C@@H]2F)C1C[C@H]1F.O=S(=O)(c1nc2n(n1)[C@H](c1ccccc1F)C[C@@H]2F)[C@H]1C[C@@H]1F. The van der Waals surface area contributed by atoms with Crippen molar-refractivity contribution >= 4 is 19.7 Å². The Bertz CT molecular complexity index is 1910. The molecule has 10 nitrogen and oxygen atoms in total. The Morgan fingerprint density at radius 2 is 0.935 bits per heavy atom. The van der Waals surface area contributed by atoms with Gasteiger partial charge in [-0.2, -0.15) is 9.97 Å². The highest BCUT2D eigenvalue weighted by atomic mass is 32.2. The number of halogens is 6.